The molecule has 0 radical (unpaired) electrons. The Morgan fingerprint density at radius 1 is 1.07 bits per heavy atom. The van der Waals surface area contributed by atoms with Crippen LogP contribution >= 0.6 is 0 Å². The molecule has 29 heavy (non-hydrogen) atoms. The average molecular weight is 390 g/mol. The number of nitrogens with one attached hydrogen (secondary N) is 1. The van der Waals surface area contributed by atoms with Crippen LogP contribution in [0.25, 0.3) is 10.9 Å². The van der Waals surface area contributed by atoms with Crippen molar-refractivity contribution in [2.75, 3.05) is 12.4 Å². The molecule has 1 amide bonds. The maximum atomic E-state index is 13.0. The minimum absolute atomic E-state index is 0.390. The van der Waals surface area contributed by atoms with E-state index in [1.165, 1.54) is 0 Å². The van der Waals surface area contributed by atoms with Crippen molar-refractivity contribution in [1.82, 2.24) is 4.98 Å². The maximum absolute atomic E-state index is 13.0. The number of carbonyl (C=O) groups excluding carboxylic acids is 2. The van der Waals surface area contributed by atoms with Crippen molar-refractivity contribution in [2.24, 2.45) is 0 Å². The van der Waals surface area contributed by atoms with E-state index in [2.05, 4.69) is 10.3 Å². The van der Waals surface area contributed by atoms with Crippen LogP contribution in [0.3, 0.4) is 0 Å². The molecule has 0 saturated carbocycles. The summed E-state index contributed by atoms with van der Waals surface area (Å²) < 4.78 is 10.7. The summed E-state index contributed by atoms with van der Waals surface area (Å²) in [7, 11) is 1.58. The molecule has 6 heteroatoms. The van der Waals surface area contributed by atoms with E-state index >= 15 is 0 Å². The zero-order valence-corrected chi connectivity index (χ0v) is 16.4. The van der Waals surface area contributed by atoms with E-state index in [4.69, 9.17) is 9.47 Å². The number of benzene rings is 2. The van der Waals surface area contributed by atoms with Crippen LogP contribution in [0.5, 0.6) is 5.75 Å². The zero-order valence-electron chi connectivity index (χ0n) is 16.4. The second-order valence-corrected chi connectivity index (χ2v) is 7.05. The minimum atomic E-state index is -0.936. The SMILES string of the molecule is COc1ccc(NC(=O)[C@H](C)OC(=O)c2c3c(nc4ccccc24)CCC3)cc1. The first-order chi connectivity index (χ1) is 14.1. The number of para-hydroxylation sites is 1. The molecular weight excluding hydrogens is 368 g/mol. The Labute approximate surface area is 168 Å². The fourth-order valence-electron chi connectivity index (χ4n) is 3.64. The summed E-state index contributed by atoms with van der Waals surface area (Å²) in [5.41, 5.74) is 3.80. The molecule has 0 fully saturated rings. The Bertz CT molecular complexity index is 1080. The first-order valence-corrected chi connectivity index (χ1v) is 9.63. The topological polar surface area (TPSA) is 77.5 Å². The average Bonchev–Trinajstić information content (AvgIpc) is 3.20. The van der Waals surface area contributed by atoms with E-state index < -0.39 is 18.0 Å². The largest absolute Gasteiger partial charge is 0.497 e. The molecule has 0 saturated heterocycles. The molecule has 1 atom stereocenters. The highest BCUT2D eigenvalue weighted by molar-refractivity contribution is 6.06. The fourth-order valence-corrected chi connectivity index (χ4v) is 3.64. The number of anilines is 1. The molecule has 0 spiro atoms. The molecule has 0 unspecified atom stereocenters. The Hall–Kier alpha value is -3.41. The normalized spacial score (nSPS) is 13.6. The summed E-state index contributed by atoms with van der Waals surface area (Å²) in [5.74, 6) is -0.182. The van der Waals surface area contributed by atoms with Crippen molar-refractivity contribution < 1.29 is 19.1 Å². The third kappa shape index (κ3) is 3.78. The summed E-state index contributed by atoms with van der Waals surface area (Å²) >= 11 is 0. The van der Waals surface area contributed by atoms with Gasteiger partial charge in [-0.3, -0.25) is 9.78 Å². The second-order valence-electron chi connectivity index (χ2n) is 7.05. The molecular formula is C23H22N2O4. The molecule has 1 aromatic heterocycles. The number of carbonyl (C=O) groups is 2. The first kappa shape index (κ1) is 18.9. The zero-order chi connectivity index (χ0) is 20.4. The van der Waals surface area contributed by atoms with Crippen molar-refractivity contribution >= 4 is 28.5 Å². The van der Waals surface area contributed by atoms with Gasteiger partial charge in [-0.1, -0.05) is 18.2 Å². The standard InChI is InChI=1S/C23H22N2O4/c1-14(22(26)24-15-10-12-16(28-2)13-11-15)29-23(27)21-17-6-3-4-8-19(17)25-20-9-5-7-18(20)21/h3-4,6,8,10-14H,5,7,9H2,1-2H3,(H,24,26)/t14-/m0/s1. The molecule has 1 N–H and O–H groups in total. The van der Waals surface area contributed by atoms with Gasteiger partial charge in [0, 0.05) is 16.8 Å². The number of ether oxygens (including phenoxy) is 2. The Kier molecular flexibility index (Phi) is 5.16. The molecule has 0 bridgehead atoms. The Morgan fingerprint density at radius 3 is 2.59 bits per heavy atom. The number of esters is 1. The van der Waals surface area contributed by atoms with E-state index in [0.717, 1.165) is 41.4 Å². The van der Waals surface area contributed by atoms with Gasteiger partial charge in [0.1, 0.15) is 5.75 Å². The van der Waals surface area contributed by atoms with Gasteiger partial charge in [-0.15, -0.1) is 0 Å². The number of hydrogen-bond donors (Lipinski definition) is 1. The highest BCUT2D eigenvalue weighted by Gasteiger charge is 2.27. The second kappa shape index (κ2) is 7.91. The smallest absolute Gasteiger partial charge is 0.339 e. The predicted molar refractivity (Wildman–Crippen MR) is 110 cm³/mol. The van der Waals surface area contributed by atoms with Gasteiger partial charge < -0.3 is 14.8 Å². The Morgan fingerprint density at radius 2 is 1.83 bits per heavy atom. The highest BCUT2D eigenvalue weighted by atomic mass is 16.5. The van der Waals surface area contributed by atoms with Gasteiger partial charge in [0.25, 0.3) is 5.91 Å². The number of nitrogens with zero attached hydrogens (tertiary/aromatic N) is 1. The van der Waals surface area contributed by atoms with Gasteiger partial charge in [-0.25, -0.2) is 4.79 Å². The minimum Gasteiger partial charge on any atom is -0.497 e. The molecule has 1 heterocycles. The predicted octanol–water partition coefficient (Wildman–Crippen LogP) is 3.92. The van der Waals surface area contributed by atoms with Crippen molar-refractivity contribution in [1.29, 1.82) is 0 Å². The van der Waals surface area contributed by atoms with Crippen molar-refractivity contribution in [2.45, 2.75) is 32.3 Å². The number of aryl methyl sites for hydroxylation is 1. The number of pyridine rings is 1. The molecule has 1 aliphatic carbocycles. The third-order valence-corrected chi connectivity index (χ3v) is 5.13. The van der Waals surface area contributed by atoms with E-state index in [9.17, 15) is 9.59 Å². The van der Waals surface area contributed by atoms with Crippen molar-refractivity contribution in [3.63, 3.8) is 0 Å². The van der Waals surface area contributed by atoms with Crippen LogP contribution in [0.1, 0.15) is 35.0 Å². The van der Waals surface area contributed by atoms with E-state index in [0.29, 0.717) is 17.0 Å². The summed E-state index contributed by atoms with van der Waals surface area (Å²) in [6.45, 7) is 1.57. The van der Waals surface area contributed by atoms with E-state index in [1.54, 1.807) is 38.3 Å². The summed E-state index contributed by atoms with van der Waals surface area (Å²) in [6.07, 6.45) is 1.68. The van der Waals surface area contributed by atoms with E-state index in [-0.39, 0.29) is 0 Å². The van der Waals surface area contributed by atoms with Crippen molar-refractivity contribution in [3.8, 4) is 5.75 Å². The lowest BCUT2D eigenvalue weighted by atomic mass is 10.0. The number of aromatic nitrogens is 1. The lowest BCUT2D eigenvalue weighted by Gasteiger charge is -2.16. The van der Waals surface area contributed by atoms with Gasteiger partial charge in [-0.2, -0.15) is 0 Å². The molecule has 4 rings (SSSR count). The van der Waals surface area contributed by atoms with Gasteiger partial charge in [0.2, 0.25) is 0 Å². The number of rotatable bonds is 5. The molecule has 1 aliphatic rings. The van der Waals surface area contributed by atoms with Crippen LogP contribution in [0.4, 0.5) is 5.69 Å². The maximum Gasteiger partial charge on any atom is 0.339 e. The van der Waals surface area contributed by atoms with Gasteiger partial charge in [0.05, 0.1) is 18.2 Å². The van der Waals surface area contributed by atoms with Crippen LogP contribution in [-0.2, 0) is 22.4 Å². The molecule has 6 nitrogen and oxygen atoms in total. The van der Waals surface area contributed by atoms with Crippen LogP contribution in [0.2, 0.25) is 0 Å². The third-order valence-electron chi connectivity index (χ3n) is 5.13. The number of hydrogen-bond acceptors (Lipinski definition) is 5. The van der Waals surface area contributed by atoms with Crippen LogP contribution in [0.15, 0.2) is 48.5 Å². The highest BCUT2D eigenvalue weighted by Crippen LogP contribution is 2.30. The fraction of sp³-hybridized carbons (Fsp3) is 0.261. The number of methoxy groups -OCH3 is 1. The Balaban J connectivity index is 1.54. The molecule has 148 valence electrons. The molecule has 2 aromatic carbocycles. The van der Waals surface area contributed by atoms with Crippen molar-refractivity contribution in [3.05, 3.63) is 65.4 Å². The molecule has 0 aliphatic heterocycles. The first-order valence-electron chi connectivity index (χ1n) is 9.63. The summed E-state index contributed by atoms with van der Waals surface area (Å²) in [5, 5.41) is 3.52. The van der Waals surface area contributed by atoms with E-state index in [1.807, 2.05) is 24.3 Å². The van der Waals surface area contributed by atoms with Crippen LogP contribution in [0, 0.1) is 0 Å². The quantitative estimate of drug-likeness (QED) is 0.668. The number of amides is 1. The van der Waals surface area contributed by atoms with Gasteiger partial charge >= 0.3 is 5.97 Å². The van der Waals surface area contributed by atoms with Gasteiger partial charge in [-0.05, 0) is 62.1 Å². The lowest BCUT2D eigenvalue weighted by Crippen LogP contribution is -2.30. The van der Waals surface area contributed by atoms with Crippen LogP contribution < -0.4 is 10.1 Å². The van der Waals surface area contributed by atoms with Crippen LogP contribution in [-0.4, -0.2) is 30.1 Å². The summed E-state index contributed by atoms with van der Waals surface area (Å²) in [4.78, 5) is 30.2. The summed E-state index contributed by atoms with van der Waals surface area (Å²) in [6, 6.07) is 14.5. The number of fused-ring (bicyclic) bond motifs is 2. The molecule has 3 aromatic rings. The van der Waals surface area contributed by atoms with Gasteiger partial charge in [0.15, 0.2) is 6.10 Å². The monoisotopic (exact) mass is 390 g/mol. The lowest BCUT2D eigenvalue weighted by molar-refractivity contribution is -0.123.